The lowest BCUT2D eigenvalue weighted by molar-refractivity contribution is -0.139. The van der Waals surface area contributed by atoms with Crippen molar-refractivity contribution >= 4 is 11.6 Å². The van der Waals surface area contributed by atoms with E-state index in [-0.39, 0.29) is 12.1 Å². The van der Waals surface area contributed by atoms with Crippen LogP contribution in [0, 0.1) is 0 Å². The summed E-state index contributed by atoms with van der Waals surface area (Å²) in [5.41, 5.74) is 0.925. The van der Waals surface area contributed by atoms with Crippen LogP contribution in [0.3, 0.4) is 0 Å². The molecule has 1 N–H and O–H groups in total. The molecule has 0 saturated carbocycles. The number of ether oxygens (including phenoxy) is 1. The van der Waals surface area contributed by atoms with E-state index in [9.17, 15) is 13.2 Å². The average Bonchev–Trinajstić information content (AvgIpc) is 2.60. The summed E-state index contributed by atoms with van der Waals surface area (Å²) < 4.78 is 44.8. The van der Waals surface area contributed by atoms with Gasteiger partial charge >= 0.3 is 6.18 Å². The summed E-state index contributed by atoms with van der Waals surface area (Å²) in [6.45, 7) is 7.78. The summed E-state index contributed by atoms with van der Waals surface area (Å²) in [6.07, 6.45) is -2.60. The second kappa shape index (κ2) is 8.38. The first-order chi connectivity index (χ1) is 12.2. The van der Waals surface area contributed by atoms with E-state index in [1.165, 1.54) is 5.56 Å². The highest BCUT2D eigenvalue weighted by atomic mass is 19.4. The first-order valence-electron chi connectivity index (χ1n) is 8.72. The van der Waals surface area contributed by atoms with Gasteiger partial charge in [0.2, 0.25) is 11.8 Å². The van der Waals surface area contributed by atoms with Crippen LogP contribution in [0.1, 0.15) is 57.6 Å². The second-order valence-corrected chi connectivity index (χ2v) is 6.30. The molecule has 2 rings (SSSR count). The topological polar surface area (TPSA) is 47.0 Å². The summed E-state index contributed by atoms with van der Waals surface area (Å²) in [5, 5.41) is 2.93. The van der Waals surface area contributed by atoms with Crippen molar-refractivity contribution in [1.82, 2.24) is 9.97 Å². The van der Waals surface area contributed by atoms with Gasteiger partial charge < -0.3 is 10.1 Å². The number of hydrogen-bond donors (Lipinski definition) is 1. The van der Waals surface area contributed by atoms with E-state index in [2.05, 4.69) is 29.1 Å². The molecule has 142 valence electrons. The molecule has 0 amide bonds. The van der Waals surface area contributed by atoms with Crippen molar-refractivity contribution < 1.29 is 17.9 Å². The number of hydrogen-bond acceptors (Lipinski definition) is 4. The van der Waals surface area contributed by atoms with Crippen LogP contribution in [0.25, 0.3) is 0 Å². The Bertz CT molecular complexity index is 717. The molecule has 2 unspecified atom stereocenters. The maximum Gasteiger partial charge on any atom is 0.423 e. The summed E-state index contributed by atoms with van der Waals surface area (Å²) in [5.74, 6) is 0.0510. The van der Waals surface area contributed by atoms with Crippen LogP contribution in [0.15, 0.2) is 30.5 Å². The molecule has 0 bridgehead atoms. The lowest BCUT2D eigenvalue weighted by atomic mass is 9.99. The van der Waals surface area contributed by atoms with Crippen molar-refractivity contribution in [2.75, 3.05) is 5.32 Å². The number of benzene rings is 1. The van der Waals surface area contributed by atoms with Gasteiger partial charge in [0, 0.05) is 11.9 Å². The van der Waals surface area contributed by atoms with Crippen LogP contribution in [-0.2, 0) is 6.18 Å². The van der Waals surface area contributed by atoms with Crippen molar-refractivity contribution in [3.63, 3.8) is 0 Å². The molecule has 1 heterocycles. The molecular weight excluding hydrogens is 343 g/mol. The van der Waals surface area contributed by atoms with Crippen LogP contribution >= 0.6 is 0 Å². The molecule has 7 heteroatoms. The fourth-order valence-electron chi connectivity index (χ4n) is 2.24. The molecule has 0 saturated heterocycles. The monoisotopic (exact) mass is 367 g/mol. The summed E-state index contributed by atoms with van der Waals surface area (Å²) in [4.78, 5) is 7.72. The third kappa shape index (κ3) is 5.09. The van der Waals surface area contributed by atoms with E-state index in [1.807, 2.05) is 31.2 Å². The predicted octanol–water partition coefficient (Wildman–Crippen LogP) is 5.93. The summed E-state index contributed by atoms with van der Waals surface area (Å²) in [7, 11) is 0. The lowest BCUT2D eigenvalue weighted by Crippen LogP contribution is -2.17. The Morgan fingerprint density at radius 2 is 1.73 bits per heavy atom. The van der Waals surface area contributed by atoms with E-state index in [4.69, 9.17) is 4.74 Å². The Morgan fingerprint density at radius 1 is 1.08 bits per heavy atom. The van der Waals surface area contributed by atoms with E-state index in [0.717, 1.165) is 12.6 Å². The highest BCUT2D eigenvalue weighted by Crippen LogP contribution is 2.36. The van der Waals surface area contributed by atoms with Gasteiger partial charge in [-0.2, -0.15) is 18.2 Å². The highest BCUT2D eigenvalue weighted by molar-refractivity contribution is 5.54. The Balaban J connectivity index is 2.25. The number of nitrogens with one attached hydrogen (secondary N) is 1. The quantitative estimate of drug-likeness (QED) is 0.659. The molecule has 0 aliphatic heterocycles. The largest absolute Gasteiger partial charge is 0.474 e. The van der Waals surface area contributed by atoms with E-state index in [1.54, 1.807) is 6.92 Å². The van der Waals surface area contributed by atoms with Crippen molar-refractivity contribution in [2.24, 2.45) is 0 Å². The number of alkyl halides is 3. The molecule has 2 atom stereocenters. The van der Waals surface area contributed by atoms with Gasteiger partial charge in [-0.25, -0.2) is 4.98 Å². The SMILES string of the molecule is CCC(C)Oc1nc(Nc2ccc(C(C)CC)cc2)ncc1C(F)(F)F. The van der Waals surface area contributed by atoms with Gasteiger partial charge in [-0.3, -0.25) is 0 Å². The van der Waals surface area contributed by atoms with Crippen LogP contribution in [0.2, 0.25) is 0 Å². The molecule has 1 aromatic heterocycles. The summed E-state index contributed by atoms with van der Waals surface area (Å²) in [6, 6.07) is 7.68. The molecule has 0 aliphatic rings. The fourth-order valence-corrected chi connectivity index (χ4v) is 2.24. The third-order valence-corrected chi connectivity index (χ3v) is 4.30. The normalized spacial score (nSPS) is 14.0. The van der Waals surface area contributed by atoms with Crippen LogP contribution < -0.4 is 10.1 Å². The molecular formula is C19H24F3N3O. The minimum atomic E-state index is -4.57. The smallest absolute Gasteiger partial charge is 0.423 e. The molecule has 0 radical (unpaired) electrons. The lowest BCUT2D eigenvalue weighted by Gasteiger charge is -2.17. The zero-order valence-corrected chi connectivity index (χ0v) is 15.4. The van der Waals surface area contributed by atoms with Crippen LogP contribution in [0.4, 0.5) is 24.8 Å². The Labute approximate surface area is 151 Å². The first kappa shape index (κ1) is 20.0. The third-order valence-electron chi connectivity index (χ3n) is 4.30. The van der Waals surface area contributed by atoms with Crippen LogP contribution in [-0.4, -0.2) is 16.1 Å². The van der Waals surface area contributed by atoms with Crippen molar-refractivity contribution in [1.29, 1.82) is 0 Å². The maximum absolute atomic E-state index is 13.1. The van der Waals surface area contributed by atoms with Gasteiger partial charge in [-0.15, -0.1) is 0 Å². The minimum Gasteiger partial charge on any atom is -0.474 e. The van der Waals surface area contributed by atoms with Gasteiger partial charge in [-0.05, 0) is 43.4 Å². The van der Waals surface area contributed by atoms with E-state index >= 15 is 0 Å². The van der Waals surface area contributed by atoms with E-state index < -0.39 is 17.6 Å². The molecule has 0 spiro atoms. The number of nitrogens with zero attached hydrogens (tertiary/aromatic N) is 2. The molecule has 1 aromatic carbocycles. The number of rotatable bonds is 7. The van der Waals surface area contributed by atoms with Gasteiger partial charge in [-0.1, -0.05) is 32.9 Å². The summed E-state index contributed by atoms with van der Waals surface area (Å²) >= 11 is 0. The van der Waals surface area contributed by atoms with Crippen LogP contribution in [0.5, 0.6) is 5.88 Å². The van der Waals surface area contributed by atoms with Gasteiger partial charge in [0.15, 0.2) is 0 Å². The number of anilines is 2. The van der Waals surface area contributed by atoms with Crippen molar-refractivity contribution in [3.8, 4) is 5.88 Å². The molecule has 0 fully saturated rings. The van der Waals surface area contributed by atoms with E-state index in [0.29, 0.717) is 18.0 Å². The van der Waals surface area contributed by atoms with Gasteiger partial charge in [0.1, 0.15) is 5.56 Å². The fraction of sp³-hybridized carbons (Fsp3) is 0.474. The Hall–Kier alpha value is -2.31. The zero-order valence-electron chi connectivity index (χ0n) is 15.4. The molecule has 26 heavy (non-hydrogen) atoms. The van der Waals surface area contributed by atoms with Crippen molar-refractivity contribution in [2.45, 2.75) is 58.7 Å². The minimum absolute atomic E-state index is 0.0626. The molecule has 2 aromatic rings. The Morgan fingerprint density at radius 3 is 2.27 bits per heavy atom. The number of halogens is 3. The highest BCUT2D eigenvalue weighted by Gasteiger charge is 2.36. The second-order valence-electron chi connectivity index (χ2n) is 6.30. The van der Waals surface area contributed by atoms with Crippen molar-refractivity contribution in [3.05, 3.63) is 41.6 Å². The maximum atomic E-state index is 13.1. The zero-order chi connectivity index (χ0) is 19.3. The number of aromatic nitrogens is 2. The van der Waals surface area contributed by atoms with Gasteiger partial charge in [0.05, 0.1) is 6.10 Å². The predicted molar refractivity (Wildman–Crippen MR) is 95.8 cm³/mol. The average molecular weight is 367 g/mol. The first-order valence-corrected chi connectivity index (χ1v) is 8.72. The molecule has 0 aliphatic carbocycles. The Kier molecular flexibility index (Phi) is 6.45. The van der Waals surface area contributed by atoms with Gasteiger partial charge in [0.25, 0.3) is 0 Å². The standard InChI is InChI=1S/C19H24F3N3O/c1-5-12(3)14-7-9-15(10-8-14)24-18-23-11-16(19(20,21)22)17(25-18)26-13(4)6-2/h7-13H,5-6H2,1-4H3,(H,23,24,25). The molecule has 4 nitrogen and oxygen atoms in total.